The number of carbonyl (C=O) groups excluding carboxylic acids is 2. The first kappa shape index (κ1) is 39.7. The van der Waals surface area contributed by atoms with Crippen molar-refractivity contribution in [2.45, 2.75) is 63.2 Å². The summed E-state index contributed by atoms with van der Waals surface area (Å²) in [5.74, 6) is 1.33. The number of para-hydroxylation sites is 3. The third-order valence-corrected chi connectivity index (χ3v) is 17.2. The third kappa shape index (κ3) is 6.68. The fraction of sp³-hybridized carbons (Fsp3) is 0.277. The largest absolute Gasteiger partial charge is 0.497 e. The number of amides is 2. The average molecular weight is 840 g/mol. The number of fused-ring (bicyclic) bond motifs is 4. The molecule has 0 aliphatic carbocycles. The minimum atomic E-state index is -2.39. The Labute approximate surface area is 355 Å². The smallest absolute Gasteiger partial charge is 0.266 e. The van der Waals surface area contributed by atoms with Gasteiger partial charge in [-0.05, 0) is 84.3 Å². The molecular weight excluding hydrogens is 794 g/mol. The van der Waals surface area contributed by atoms with Crippen LogP contribution in [0.4, 0.5) is 17.1 Å². The second-order valence-electron chi connectivity index (χ2n) is 16.3. The Bertz CT molecular complexity index is 2580. The molecule has 2 amide bonds. The van der Waals surface area contributed by atoms with Crippen molar-refractivity contribution in [1.82, 2.24) is 15.0 Å². The zero-order valence-electron chi connectivity index (χ0n) is 33.9. The minimum absolute atomic E-state index is 0.00396. The molecule has 1 aromatic heterocycles. The number of halogens is 1. The molecule has 4 atom stereocenters. The maximum atomic E-state index is 15.4. The number of rotatable bonds is 11. The Morgan fingerprint density at radius 3 is 2.38 bits per heavy atom. The van der Waals surface area contributed by atoms with Gasteiger partial charge in [-0.15, -0.1) is 5.10 Å². The molecule has 306 valence electrons. The van der Waals surface area contributed by atoms with Gasteiger partial charge in [-0.2, -0.15) is 0 Å². The van der Waals surface area contributed by atoms with Gasteiger partial charge in [0, 0.05) is 48.0 Å². The summed E-state index contributed by atoms with van der Waals surface area (Å²) in [6.45, 7) is 7.69. The van der Waals surface area contributed by atoms with Crippen molar-refractivity contribution >= 4 is 53.7 Å². The first-order chi connectivity index (χ1) is 29.0. The van der Waals surface area contributed by atoms with E-state index >= 15 is 4.79 Å². The van der Waals surface area contributed by atoms with Crippen LogP contribution in [0.25, 0.3) is 0 Å². The van der Waals surface area contributed by atoms with Crippen LogP contribution >= 0.6 is 11.6 Å². The number of carbonyl (C=O) groups is 2. The number of methoxy groups -OCH3 is 1. The van der Waals surface area contributed by atoms with E-state index in [1.165, 1.54) is 5.19 Å². The van der Waals surface area contributed by atoms with Crippen molar-refractivity contribution < 1.29 is 28.9 Å². The van der Waals surface area contributed by atoms with E-state index in [0.29, 0.717) is 52.8 Å². The molecule has 60 heavy (non-hydrogen) atoms. The topological polar surface area (TPSA) is 119 Å². The van der Waals surface area contributed by atoms with Crippen LogP contribution < -0.4 is 24.5 Å². The Kier molecular flexibility index (Phi) is 10.4. The lowest BCUT2D eigenvalue weighted by Gasteiger charge is -2.37. The van der Waals surface area contributed by atoms with Gasteiger partial charge in [0.05, 0.1) is 50.5 Å². The lowest BCUT2D eigenvalue weighted by molar-refractivity contribution is -0.146. The molecule has 0 radical (unpaired) electrons. The number of hydrogen-bond donors (Lipinski definition) is 1. The van der Waals surface area contributed by atoms with Gasteiger partial charge < -0.3 is 24.2 Å². The highest BCUT2D eigenvalue weighted by Crippen LogP contribution is 2.60. The Morgan fingerprint density at radius 2 is 1.63 bits per heavy atom. The van der Waals surface area contributed by atoms with E-state index in [0.717, 1.165) is 28.3 Å². The SMILES string of the molecule is COc1ccc([Si](C)(C)[C@@H]2[C@@H](CCn3cc(CCO)nn3)O[C@]3(C(=O)N(Cc4ccc(N5C(=O)c6ccccc6Oc6ccccc65)cc4)c4ccc(Cl)cc43)[C@H]2C)cc1. The zero-order chi connectivity index (χ0) is 41.8. The zero-order valence-corrected chi connectivity index (χ0v) is 35.7. The monoisotopic (exact) mass is 839 g/mol. The van der Waals surface area contributed by atoms with Crippen LogP contribution in [0.2, 0.25) is 23.7 Å². The molecular formula is C47H46ClN5O6Si. The van der Waals surface area contributed by atoms with Gasteiger partial charge in [0.1, 0.15) is 11.5 Å². The average Bonchev–Trinajstić information content (AvgIpc) is 3.88. The van der Waals surface area contributed by atoms with Crippen molar-refractivity contribution in [2.75, 3.05) is 23.5 Å². The van der Waals surface area contributed by atoms with E-state index in [-0.39, 0.29) is 42.5 Å². The van der Waals surface area contributed by atoms with Gasteiger partial charge in [-0.25, -0.2) is 0 Å². The van der Waals surface area contributed by atoms with Crippen molar-refractivity contribution in [3.05, 3.63) is 149 Å². The highest BCUT2D eigenvalue weighted by molar-refractivity contribution is 6.91. The van der Waals surface area contributed by atoms with Crippen LogP contribution in [-0.4, -0.2) is 59.8 Å². The highest BCUT2D eigenvalue weighted by atomic mass is 35.5. The standard InChI is InChI=1S/C47H46ClN5O6Si/c1-30-44(60(3,4)36-20-18-35(57-2)19-21-36)43(23-25-51-29-33(24-26-54)49-50-51)59-47(30)38-27-32(48)15-22-39(38)52(46(47)56)28-31-13-16-34(17-14-31)53-40-10-6-8-12-42(40)58-41-11-7-5-9-37(41)45(53)55/h5-22,27,29-30,43-44,54H,23-26,28H2,1-4H3/t30-,43+,44-,47+/m0/s1. The van der Waals surface area contributed by atoms with Gasteiger partial charge in [0.25, 0.3) is 11.8 Å². The molecule has 1 saturated heterocycles. The third-order valence-electron chi connectivity index (χ3n) is 12.6. The molecule has 0 saturated carbocycles. The fourth-order valence-electron chi connectivity index (χ4n) is 9.65. The molecule has 5 aromatic carbocycles. The number of aliphatic hydroxyl groups is 1. The van der Waals surface area contributed by atoms with Crippen molar-refractivity contribution in [3.8, 4) is 17.2 Å². The minimum Gasteiger partial charge on any atom is -0.497 e. The van der Waals surface area contributed by atoms with Crippen molar-refractivity contribution in [3.63, 3.8) is 0 Å². The molecule has 4 heterocycles. The maximum absolute atomic E-state index is 15.4. The van der Waals surface area contributed by atoms with Gasteiger partial charge >= 0.3 is 0 Å². The normalized spacial score (nSPS) is 20.8. The molecule has 11 nitrogen and oxygen atoms in total. The number of nitrogens with zero attached hydrogens (tertiary/aromatic N) is 5. The quantitative estimate of drug-likeness (QED) is 0.129. The van der Waals surface area contributed by atoms with Crippen LogP contribution in [-0.2, 0) is 34.6 Å². The molecule has 1 fully saturated rings. The fourth-order valence-corrected chi connectivity index (χ4v) is 13.9. The summed E-state index contributed by atoms with van der Waals surface area (Å²) in [7, 11) is -0.725. The van der Waals surface area contributed by atoms with E-state index in [1.54, 1.807) is 28.8 Å². The van der Waals surface area contributed by atoms with E-state index in [4.69, 9.17) is 25.8 Å². The van der Waals surface area contributed by atoms with E-state index < -0.39 is 13.7 Å². The van der Waals surface area contributed by atoms with Crippen LogP contribution in [0.15, 0.2) is 121 Å². The van der Waals surface area contributed by atoms with Crippen molar-refractivity contribution in [2.24, 2.45) is 5.92 Å². The van der Waals surface area contributed by atoms with Crippen LogP contribution in [0, 0.1) is 5.92 Å². The summed E-state index contributed by atoms with van der Waals surface area (Å²) in [4.78, 5) is 33.0. The van der Waals surface area contributed by atoms with E-state index in [9.17, 15) is 9.90 Å². The van der Waals surface area contributed by atoms with Gasteiger partial charge in [-0.1, -0.05) is 90.5 Å². The Hall–Kier alpha value is -5.79. The molecule has 13 heteroatoms. The second-order valence-corrected chi connectivity index (χ2v) is 21.4. The molecule has 0 bridgehead atoms. The van der Waals surface area contributed by atoms with Gasteiger partial charge in [-0.3, -0.25) is 19.2 Å². The summed E-state index contributed by atoms with van der Waals surface area (Å²) in [5.41, 5.74) is 3.65. The first-order valence-electron chi connectivity index (χ1n) is 20.3. The number of aromatic nitrogens is 3. The second kappa shape index (κ2) is 15.7. The number of aliphatic hydroxyl groups excluding tert-OH is 1. The molecule has 1 N–H and O–H groups in total. The molecule has 6 aromatic rings. The van der Waals surface area contributed by atoms with Gasteiger partial charge in [0.15, 0.2) is 11.4 Å². The van der Waals surface area contributed by atoms with Crippen LogP contribution in [0.1, 0.15) is 40.5 Å². The van der Waals surface area contributed by atoms with Crippen LogP contribution in [0.5, 0.6) is 17.2 Å². The number of benzene rings is 5. The Morgan fingerprint density at radius 1 is 0.900 bits per heavy atom. The summed E-state index contributed by atoms with van der Waals surface area (Å²) in [5, 5.41) is 19.8. The maximum Gasteiger partial charge on any atom is 0.266 e. The molecule has 3 aliphatic rings. The van der Waals surface area contributed by atoms with Gasteiger partial charge in [0.2, 0.25) is 0 Å². The van der Waals surface area contributed by atoms with E-state index in [1.807, 2.05) is 102 Å². The number of hydrogen-bond acceptors (Lipinski definition) is 8. The number of ether oxygens (including phenoxy) is 3. The highest BCUT2D eigenvalue weighted by Gasteiger charge is 2.66. The number of aryl methyl sites for hydroxylation is 1. The summed E-state index contributed by atoms with van der Waals surface area (Å²) in [6.07, 6.45) is 2.59. The molecule has 9 rings (SSSR count). The summed E-state index contributed by atoms with van der Waals surface area (Å²) in [6, 6.07) is 36.5. The molecule has 3 aliphatic heterocycles. The molecule has 1 spiro atoms. The lowest BCUT2D eigenvalue weighted by atomic mass is 9.82. The predicted octanol–water partition coefficient (Wildman–Crippen LogP) is 8.41. The van der Waals surface area contributed by atoms with Crippen molar-refractivity contribution in [1.29, 1.82) is 0 Å². The summed E-state index contributed by atoms with van der Waals surface area (Å²) >= 11 is 6.76. The number of anilines is 3. The predicted molar refractivity (Wildman–Crippen MR) is 234 cm³/mol. The van der Waals surface area contributed by atoms with Crippen LogP contribution in [0.3, 0.4) is 0 Å². The van der Waals surface area contributed by atoms with E-state index in [2.05, 4.69) is 42.5 Å². The summed E-state index contributed by atoms with van der Waals surface area (Å²) < 4.78 is 20.8. The Balaban J connectivity index is 1.06. The molecule has 0 unspecified atom stereocenters. The lowest BCUT2D eigenvalue weighted by Crippen LogP contribution is -2.51. The first-order valence-corrected chi connectivity index (χ1v) is 23.7.